The van der Waals surface area contributed by atoms with Crippen LogP contribution in [-0.2, 0) is 16.5 Å². The molecule has 0 bridgehead atoms. The minimum atomic E-state index is -4.10. The summed E-state index contributed by atoms with van der Waals surface area (Å²) in [6, 6.07) is 21.4. The Balaban J connectivity index is 0.000000220. The number of nitrogens with zero attached hydrogens (tertiary/aromatic N) is 1. The molecule has 0 spiro atoms. The molecule has 0 atom stereocenters. The average molecular weight is 442 g/mol. The van der Waals surface area contributed by atoms with E-state index in [-0.39, 0.29) is 15.5 Å². The van der Waals surface area contributed by atoms with Crippen molar-refractivity contribution in [2.24, 2.45) is 0 Å². The summed E-state index contributed by atoms with van der Waals surface area (Å²) in [6.45, 7) is 3.80. The molecule has 3 rings (SSSR count). The van der Waals surface area contributed by atoms with E-state index in [9.17, 15) is 23.1 Å². The standard InChI is InChI=1S/C12H9NO2.C12H18O3S/c14-13(15)12-9-5-4-8-11(12)10-6-2-1-3-7-10;1-3-4-5-8-11-9-6-7-10(2)12(11)16(13,14)15/h1-9H;6-7,9H,3-5,8H2,1-2H3,(H,13,14,15). The van der Waals surface area contributed by atoms with Gasteiger partial charge in [-0.1, -0.05) is 80.4 Å². The first-order valence-electron chi connectivity index (χ1n) is 10.1. The van der Waals surface area contributed by atoms with E-state index < -0.39 is 10.1 Å². The Hall–Kier alpha value is -3.03. The van der Waals surface area contributed by atoms with Gasteiger partial charge in [0.1, 0.15) is 0 Å². The maximum absolute atomic E-state index is 11.3. The summed E-state index contributed by atoms with van der Waals surface area (Å²) in [5.74, 6) is 0. The van der Waals surface area contributed by atoms with Crippen molar-refractivity contribution in [3.63, 3.8) is 0 Å². The van der Waals surface area contributed by atoms with Crippen LogP contribution >= 0.6 is 0 Å². The van der Waals surface area contributed by atoms with Gasteiger partial charge in [-0.25, -0.2) is 0 Å². The fourth-order valence-electron chi connectivity index (χ4n) is 3.34. The second-order valence-corrected chi connectivity index (χ2v) is 8.49. The van der Waals surface area contributed by atoms with Crippen LogP contribution in [0.1, 0.15) is 37.3 Å². The Morgan fingerprint density at radius 3 is 2.16 bits per heavy atom. The number of benzene rings is 3. The molecule has 7 heteroatoms. The van der Waals surface area contributed by atoms with E-state index in [1.54, 1.807) is 37.3 Å². The first kappa shape index (κ1) is 24.2. The third kappa shape index (κ3) is 7.01. The van der Waals surface area contributed by atoms with Crippen LogP contribution in [0.2, 0.25) is 0 Å². The largest absolute Gasteiger partial charge is 0.295 e. The highest BCUT2D eigenvalue weighted by molar-refractivity contribution is 7.86. The second kappa shape index (κ2) is 11.4. The molecule has 31 heavy (non-hydrogen) atoms. The zero-order valence-electron chi connectivity index (χ0n) is 17.7. The normalized spacial score (nSPS) is 10.8. The molecular formula is C24H27NO5S. The zero-order valence-corrected chi connectivity index (χ0v) is 18.5. The van der Waals surface area contributed by atoms with Crippen LogP contribution < -0.4 is 0 Å². The predicted molar refractivity (Wildman–Crippen MR) is 123 cm³/mol. The number of nitro benzene ring substituents is 1. The lowest BCUT2D eigenvalue weighted by atomic mass is 10.0. The van der Waals surface area contributed by atoms with Gasteiger partial charge >= 0.3 is 0 Å². The molecule has 0 fully saturated rings. The molecule has 0 aromatic heterocycles. The number of hydrogen-bond donors (Lipinski definition) is 1. The van der Waals surface area contributed by atoms with Crippen LogP contribution in [0.15, 0.2) is 77.7 Å². The summed E-state index contributed by atoms with van der Waals surface area (Å²) in [5.41, 5.74) is 2.99. The van der Waals surface area contributed by atoms with Gasteiger partial charge in [0, 0.05) is 6.07 Å². The van der Waals surface area contributed by atoms with Gasteiger partial charge in [0.15, 0.2) is 0 Å². The van der Waals surface area contributed by atoms with E-state index in [4.69, 9.17) is 0 Å². The van der Waals surface area contributed by atoms with E-state index >= 15 is 0 Å². The zero-order chi connectivity index (χ0) is 22.9. The lowest BCUT2D eigenvalue weighted by Gasteiger charge is -2.09. The number of para-hydroxylation sites is 1. The van der Waals surface area contributed by atoms with Gasteiger partial charge in [-0.15, -0.1) is 0 Å². The molecule has 3 aromatic rings. The number of hydrogen-bond acceptors (Lipinski definition) is 4. The molecule has 6 nitrogen and oxygen atoms in total. The van der Waals surface area contributed by atoms with Crippen molar-refractivity contribution in [3.8, 4) is 11.1 Å². The molecule has 0 unspecified atom stereocenters. The first-order chi connectivity index (χ1) is 14.8. The van der Waals surface area contributed by atoms with Gasteiger partial charge in [-0.2, -0.15) is 8.42 Å². The van der Waals surface area contributed by atoms with Gasteiger partial charge < -0.3 is 0 Å². The smallest absolute Gasteiger partial charge is 0.282 e. The maximum Gasteiger partial charge on any atom is 0.295 e. The fraction of sp³-hybridized carbons (Fsp3) is 0.250. The summed E-state index contributed by atoms with van der Waals surface area (Å²) in [6.07, 6.45) is 3.80. The van der Waals surface area contributed by atoms with Crippen molar-refractivity contribution >= 4 is 15.8 Å². The third-order valence-corrected chi connectivity index (χ3v) is 5.89. The van der Waals surface area contributed by atoms with Gasteiger partial charge in [-0.05, 0) is 42.5 Å². The van der Waals surface area contributed by atoms with Crippen LogP contribution in [0.4, 0.5) is 5.69 Å². The topological polar surface area (TPSA) is 97.5 Å². The average Bonchev–Trinajstić information content (AvgIpc) is 2.74. The van der Waals surface area contributed by atoms with E-state index in [1.807, 2.05) is 36.4 Å². The summed E-state index contributed by atoms with van der Waals surface area (Å²) in [5, 5.41) is 10.8. The molecule has 0 saturated heterocycles. The molecule has 0 aliphatic heterocycles. The molecule has 0 radical (unpaired) electrons. The minimum Gasteiger partial charge on any atom is -0.282 e. The Kier molecular flexibility index (Phi) is 8.90. The van der Waals surface area contributed by atoms with Crippen molar-refractivity contribution < 1.29 is 17.9 Å². The Bertz CT molecular complexity index is 1110. The highest BCUT2D eigenvalue weighted by Crippen LogP contribution is 2.28. The summed E-state index contributed by atoms with van der Waals surface area (Å²) in [4.78, 5) is 10.5. The summed E-state index contributed by atoms with van der Waals surface area (Å²) in [7, 11) is -4.10. The van der Waals surface area contributed by atoms with Crippen molar-refractivity contribution in [1.82, 2.24) is 0 Å². The summed E-state index contributed by atoms with van der Waals surface area (Å²) >= 11 is 0. The van der Waals surface area contributed by atoms with Gasteiger partial charge in [0.2, 0.25) is 0 Å². The second-order valence-electron chi connectivity index (χ2n) is 7.14. The molecule has 3 aromatic carbocycles. The quantitative estimate of drug-likeness (QED) is 0.203. The lowest BCUT2D eigenvalue weighted by molar-refractivity contribution is -0.384. The molecule has 1 N–H and O–H groups in total. The third-order valence-electron chi connectivity index (χ3n) is 4.79. The molecule has 164 valence electrons. The Morgan fingerprint density at radius 2 is 1.55 bits per heavy atom. The van der Waals surface area contributed by atoms with Gasteiger partial charge in [0.05, 0.1) is 15.4 Å². The monoisotopic (exact) mass is 441 g/mol. The summed E-state index contributed by atoms with van der Waals surface area (Å²) < 4.78 is 31.7. The number of nitro groups is 1. The van der Waals surface area contributed by atoms with E-state index in [1.165, 1.54) is 6.07 Å². The van der Waals surface area contributed by atoms with Gasteiger partial charge in [-0.3, -0.25) is 14.7 Å². The van der Waals surface area contributed by atoms with Crippen LogP contribution in [0.25, 0.3) is 11.1 Å². The molecule has 0 aliphatic carbocycles. The van der Waals surface area contributed by atoms with Crippen molar-refractivity contribution in [2.75, 3.05) is 0 Å². The molecular weight excluding hydrogens is 414 g/mol. The fourth-order valence-corrected chi connectivity index (χ4v) is 4.32. The van der Waals surface area contributed by atoms with E-state index in [0.29, 0.717) is 17.5 Å². The van der Waals surface area contributed by atoms with Crippen molar-refractivity contribution in [3.05, 3.63) is 94.0 Å². The lowest BCUT2D eigenvalue weighted by Crippen LogP contribution is -2.05. The van der Waals surface area contributed by atoms with E-state index in [2.05, 4.69) is 6.92 Å². The Labute approximate surface area is 183 Å². The molecule has 0 heterocycles. The maximum atomic E-state index is 11.3. The first-order valence-corrected chi connectivity index (χ1v) is 11.5. The van der Waals surface area contributed by atoms with Crippen LogP contribution in [-0.4, -0.2) is 17.9 Å². The number of rotatable bonds is 7. The highest BCUT2D eigenvalue weighted by atomic mass is 32.2. The highest BCUT2D eigenvalue weighted by Gasteiger charge is 2.17. The number of aryl methyl sites for hydroxylation is 2. The molecule has 0 aliphatic rings. The van der Waals surface area contributed by atoms with Crippen LogP contribution in [0, 0.1) is 17.0 Å². The van der Waals surface area contributed by atoms with E-state index in [0.717, 1.165) is 30.4 Å². The molecule has 0 saturated carbocycles. The SMILES string of the molecule is CCCCCc1cccc(C)c1S(=O)(=O)O.O=[N+]([O-])c1ccccc1-c1ccccc1. The number of unbranched alkanes of at least 4 members (excludes halogenated alkanes) is 2. The molecule has 0 amide bonds. The minimum absolute atomic E-state index is 0.0890. The van der Waals surface area contributed by atoms with Gasteiger partial charge in [0.25, 0.3) is 15.8 Å². The van der Waals surface area contributed by atoms with Crippen LogP contribution in [0.5, 0.6) is 0 Å². The predicted octanol–water partition coefficient (Wildman–Crippen LogP) is 6.24. The van der Waals surface area contributed by atoms with Crippen molar-refractivity contribution in [1.29, 1.82) is 0 Å². The van der Waals surface area contributed by atoms with Crippen molar-refractivity contribution in [2.45, 2.75) is 44.4 Å². The van der Waals surface area contributed by atoms with Crippen LogP contribution in [0.3, 0.4) is 0 Å². The Morgan fingerprint density at radius 1 is 0.903 bits per heavy atom.